The Kier molecular flexibility index (Phi) is 2.42. The molecule has 0 fully saturated rings. The number of nitrogens with one attached hydrogen (secondary N) is 1. The molecule has 1 N–H and O–H groups in total. The summed E-state index contributed by atoms with van der Waals surface area (Å²) in [5.41, 5.74) is 1.10. The van der Waals surface area contributed by atoms with Crippen molar-refractivity contribution in [3.8, 4) is 5.75 Å². The molecule has 1 aliphatic rings. The lowest BCUT2D eigenvalue weighted by Crippen LogP contribution is -2.24. The maximum absolute atomic E-state index is 6.10. The molecule has 1 aromatic rings. The number of fused-ring (bicyclic) bond motifs is 1. The third kappa shape index (κ3) is 1.52. The van der Waals surface area contributed by atoms with Crippen LogP contribution in [0, 0.1) is 0 Å². The fourth-order valence-electron chi connectivity index (χ4n) is 1.70. The van der Waals surface area contributed by atoms with Crippen molar-refractivity contribution in [2.75, 3.05) is 13.7 Å². The highest BCUT2D eigenvalue weighted by atomic mass is 35.5. The van der Waals surface area contributed by atoms with Crippen LogP contribution in [0.2, 0.25) is 5.02 Å². The van der Waals surface area contributed by atoms with E-state index in [1.165, 1.54) is 0 Å². The summed E-state index contributed by atoms with van der Waals surface area (Å²) in [6, 6.07) is 6.11. The predicted octanol–water partition coefficient (Wildman–Crippen LogP) is 2.38. The van der Waals surface area contributed by atoms with Gasteiger partial charge in [-0.3, -0.25) is 0 Å². The Labute approximate surface area is 82.9 Å². The Morgan fingerprint density at radius 1 is 1.54 bits per heavy atom. The number of hydrogen-bond donors (Lipinski definition) is 1. The van der Waals surface area contributed by atoms with Crippen LogP contribution in [0.1, 0.15) is 18.0 Å². The zero-order valence-corrected chi connectivity index (χ0v) is 8.27. The van der Waals surface area contributed by atoms with Crippen LogP contribution in [0.25, 0.3) is 0 Å². The van der Waals surface area contributed by atoms with Gasteiger partial charge in [0.05, 0.1) is 6.61 Å². The van der Waals surface area contributed by atoms with Crippen molar-refractivity contribution in [1.82, 2.24) is 5.32 Å². The molecule has 0 aromatic heterocycles. The van der Waals surface area contributed by atoms with E-state index in [1.807, 2.05) is 25.2 Å². The second-order valence-electron chi connectivity index (χ2n) is 3.13. The van der Waals surface area contributed by atoms with Crippen LogP contribution in [0.5, 0.6) is 5.75 Å². The van der Waals surface area contributed by atoms with E-state index >= 15 is 0 Å². The summed E-state index contributed by atoms with van der Waals surface area (Å²) < 4.78 is 5.51. The Bertz CT molecular complexity index is 314. The highest BCUT2D eigenvalue weighted by molar-refractivity contribution is 6.31. The van der Waals surface area contributed by atoms with E-state index in [1.54, 1.807) is 0 Å². The van der Waals surface area contributed by atoms with Gasteiger partial charge >= 0.3 is 0 Å². The van der Waals surface area contributed by atoms with Gasteiger partial charge in [0.1, 0.15) is 5.75 Å². The first kappa shape index (κ1) is 8.85. The number of halogens is 1. The maximum Gasteiger partial charge on any atom is 0.125 e. The van der Waals surface area contributed by atoms with Crippen LogP contribution < -0.4 is 10.1 Å². The Hall–Kier alpha value is -0.730. The average molecular weight is 198 g/mol. The molecule has 13 heavy (non-hydrogen) atoms. The minimum Gasteiger partial charge on any atom is -0.493 e. The molecule has 2 nitrogen and oxygen atoms in total. The molecular weight excluding hydrogens is 186 g/mol. The standard InChI is InChI=1S/C10H12ClNO/c1-12-8-5-6-13-9-4-2-3-7(11)10(8)9/h2-4,8,12H,5-6H2,1H3. The first-order chi connectivity index (χ1) is 6.33. The van der Waals surface area contributed by atoms with E-state index in [-0.39, 0.29) is 0 Å². The molecule has 1 heterocycles. The van der Waals surface area contributed by atoms with Gasteiger partial charge in [-0.05, 0) is 19.2 Å². The fraction of sp³-hybridized carbons (Fsp3) is 0.400. The summed E-state index contributed by atoms with van der Waals surface area (Å²) in [5, 5.41) is 4.02. The zero-order chi connectivity index (χ0) is 9.26. The lowest BCUT2D eigenvalue weighted by atomic mass is 10.0. The molecule has 3 heteroatoms. The monoisotopic (exact) mass is 197 g/mol. The van der Waals surface area contributed by atoms with Crippen molar-refractivity contribution in [1.29, 1.82) is 0 Å². The van der Waals surface area contributed by atoms with Crippen molar-refractivity contribution in [2.45, 2.75) is 12.5 Å². The van der Waals surface area contributed by atoms with Crippen LogP contribution in [-0.2, 0) is 0 Å². The molecule has 1 unspecified atom stereocenters. The highest BCUT2D eigenvalue weighted by Gasteiger charge is 2.21. The molecule has 0 saturated heterocycles. The number of benzene rings is 1. The van der Waals surface area contributed by atoms with Crippen molar-refractivity contribution in [2.24, 2.45) is 0 Å². The molecule has 0 amide bonds. The van der Waals surface area contributed by atoms with Crippen LogP contribution in [0.3, 0.4) is 0 Å². The topological polar surface area (TPSA) is 21.3 Å². The lowest BCUT2D eigenvalue weighted by Gasteiger charge is -2.26. The molecule has 1 aliphatic heterocycles. The predicted molar refractivity (Wildman–Crippen MR) is 53.4 cm³/mol. The van der Waals surface area contributed by atoms with Crippen molar-refractivity contribution in [3.63, 3.8) is 0 Å². The molecule has 70 valence electrons. The first-order valence-corrected chi connectivity index (χ1v) is 4.79. The van der Waals surface area contributed by atoms with Gasteiger partial charge in [0.25, 0.3) is 0 Å². The Morgan fingerprint density at radius 2 is 2.38 bits per heavy atom. The molecule has 0 saturated carbocycles. The summed E-state index contributed by atoms with van der Waals surface area (Å²) in [6.07, 6.45) is 0.979. The minimum absolute atomic E-state index is 0.331. The fourth-order valence-corrected chi connectivity index (χ4v) is 2.00. The number of ether oxygens (including phenoxy) is 1. The van der Waals surface area contributed by atoms with Gasteiger partial charge in [0.2, 0.25) is 0 Å². The highest BCUT2D eigenvalue weighted by Crippen LogP contribution is 2.36. The third-order valence-electron chi connectivity index (χ3n) is 2.37. The smallest absolute Gasteiger partial charge is 0.125 e. The lowest BCUT2D eigenvalue weighted by molar-refractivity contribution is 0.257. The second kappa shape index (κ2) is 3.56. The van der Waals surface area contributed by atoms with Crippen LogP contribution >= 0.6 is 11.6 Å². The van der Waals surface area contributed by atoms with E-state index in [4.69, 9.17) is 16.3 Å². The molecule has 0 radical (unpaired) electrons. The van der Waals surface area contributed by atoms with Gasteiger partial charge in [0.15, 0.2) is 0 Å². The van der Waals surface area contributed by atoms with Gasteiger partial charge in [-0.2, -0.15) is 0 Å². The van der Waals surface area contributed by atoms with Gasteiger partial charge < -0.3 is 10.1 Å². The summed E-state index contributed by atoms with van der Waals surface area (Å²) >= 11 is 6.10. The van der Waals surface area contributed by atoms with E-state index in [9.17, 15) is 0 Å². The van der Waals surface area contributed by atoms with E-state index in [0.29, 0.717) is 6.04 Å². The van der Waals surface area contributed by atoms with E-state index in [2.05, 4.69) is 5.32 Å². The van der Waals surface area contributed by atoms with E-state index < -0.39 is 0 Å². The summed E-state index contributed by atoms with van der Waals surface area (Å²) in [5.74, 6) is 0.915. The minimum atomic E-state index is 0.331. The zero-order valence-electron chi connectivity index (χ0n) is 7.51. The SMILES string of the molecule is CNC1CCOc2cccc(Cl)c21. The summed E-state index contributed by atoms with van der Waals surface area (Å²) in [6.45, 7) is 0.763. The third-order valence-corrected chi connectivity index (χ3v) is 2.70. The van der Waals surface area contributed by atoms with Gasteiger partial charge in [-0.15, -0.1) is 0 Å². The molecule has 1 atom stereocenters. The van der Waals surface area contributed by atoms with Crippen LogP contribution in [0.4, 0.5) is 0 Å². The molecule has 0 aliphatic carbocycles. The molecule has 0 spiro atoms. The van der Waals surface area contributed by atoms with Gasteiger partial charge in [-0.1, -0.05) is 17.7 Å². The van der Waals surface area contributed by atoms with Gasteiger partial charge in [-0.25, -0.2) is 0 Å². The number of hydrogen-bond acceptors (Lipinski definition) is 2. The normalized spacial score (nSPS) is 20.6. The maximum atomic E-state index is 6.10. The quantitative estimate of drug-likeness (QED) is 0.747. The largest absolute Gasteiger partial charge is 0.493 e. The van der Waals surface area contributed by atoms with Gasteiger partial charge in [0, 0.05) is 23.0 Å². The number of rotatable bonds is 1. The van der Waals surface area contributed by atoms with Crippen LogP contribution in [0.15, 0.2) is 18.2 Å². The van der Waals surface area contributed by atoms with Crippen molar-refractivity contribution < 1.29 is 4.74 Å². The molecule has 2 rings (SSSR count). The van der Waals surface area contributed by atoms with E-state index in [0.717, 1.165) is 29.4 Å². The molecule has 1 aromatic carbocycles. The second-order valence-corrected chi connectivity index (χ2v) is 3.54. The Balaban J connectivity index is 2.47. The molecular formula is C10H12ClNO. The average Bonchev–Trinajstić information content (AvgIpc) is 2.17. The summed E-state index contributed by atoms with van der Waals surface area (Å²) in [4.78, 5) is 0. The van der Waals surface area contributed by atoms with Crippen LogP contribution in [-0.4, -0.2) is 13.7 Å². The van der Waals surface area contributed by atoms with Crippen molar-refractivity contribution in [3.05, 3.63) is 28.8 Å². The van der Waals surface area contributed by atoms with Crippen molar-refractivity contribution >= 4 is 11.6 Å². The Morgan fingerprint density at radius 3 is 3.15 bits per heavy atom. The summed E-state index contributed by atoms with van der Waals surface area (Å²) in [7, 11) is 1.95. The first-order valence-electron chi connectivity index (χ1n) is 4.41. The molecule has 0 bridgehead atoms.